The van der Waals surface area contributed by atoms with E-state index in [1.54, 1.807) is 24.3 Å². The fourth-order valence-corrected chi connectivity index (χ4v) is 4.17. The Hall–Kier alpha value is -3.26. The lowest BCUT2D eigenvalue weighted by molar-refractivity contribution is -0.0505. The molecule has 0 saturated heterocycles. The lowest BCUT2D eigenvalue weighted by Crippen LogP contribution is -2.20. The molecule has 156 valence electrons. The summed E-state index contributed by atoms with van der Waals surface area (Å²) in [4.78, 5) is 4.67. The van der Waals surface area contributed by atoms with Crippen molar-refractivity contribution in [3.05, 3.63) is 94.2 Å². The summed E-state index contributed by atoms with van der Waals surface area (Å²) in [5, 5.41) is 3.29. The maximum absolute atomic E-state index is 13.4. The average Bonchev–Trinajstić information content (AvgIpc) is 3.13. The quantitative estimate of drug-likeness (QED) is 0.354. The molecule has 0 bridgehead atoms. The molecule has 0 saturated carbocycles. The third-order valence-corrected chi connectivity index (χ3v) is 5.60. The van der Waals surface area contributed by atoms with Gasteiger partial charge >= 0.3 is 6.61 Å². The van der Waals surface area contributed by atoms with E-state index in [4.69, 9.17) is 4.74 Å². The monoisotopic (exact) mass is 485 g/mol. The number of aromatic nitrogens is 2. The minimum atomic E-state index is -2.96. The normalized spacial score (nSPS) is 15.5. The van der Waals surface area contributed by atoms with Crippen LogP contribution >= 0.6 is 15.9 Å². The summed E-state index contributed by atoms with van der Waals surface area (Å²) < 4.78 is 47.2. The van der Waals surface area contributed by atoms with E-state index in [9.17, 15) is 13.2 Å². The summed E-state index contributed by atoms with van der Waals surface area (Å²) in [6.07, 6.45) is 1.90. The Morgan fingerprint density at radius 2 is 1.81 bits per heavy atom. The number of nitrogens with zero attached hydrogens (tertiary/aromatic N) is 2. The van der Waals surface area contributed by atoms with Crippen LogP contribution in [0.2, 0.25) is 0 Å². The van der Waals surface area contributed by atoms with Crippen LogP contribution in [0.4, 0.5) is 19.1 Å². The van der Waals surface area contributed by atoms with Crippen molar-refractivity contribution in [3.63, 3.8) is 0 Å². The minimum absolute atomic E-state index is 0.0727. The van der Waals surface area contributed by atoms with Crippen molar-refractivity contribution in [1.29, 1.82) is 0 Å². The number of hydrogen-bond donors (Lipinski definition) is 1. The van der Waals surface area contributed by atoms with Crippen molar-refractivity contribution in [1.82, 2.24) is 9.55 Å². The van der Waals surface area contributed by atoms with E-state index in [1.807, 2.05) is 34.9 Å². The number of rotatable bonds is 4. The van der Waals surface area contributed by atoms with Crippen molar-refractivity contribution in [2.45, 2.75) is 12.7 Å². The van der Waals surface area contributed by atoms with E-state index >= 15 is 0 Å². The number of halogens is 4. The smallest absolute Gasteiger partial charge is 0.387 e. The fraction of sp³-hybridized carbons (Fsp3) is 0.0870. The molecule has 0 spiro atoms. The molecule has 0 aliphatic carbocycles. The van der Waals surface area contributed by atoms with Gasteiger partial charge in [-0.05, 0) is 66.2 Å². The molecule has 4 nitrogen and oxygen atoms in total. The first kappa shape index (κ1) is 19.7. The lowest BCUT2D eigenvalue weighted by Gasteiger charge is -2.28. The molecule has 1 aliphatic heterocycles. The number of anilines is 1. The maximum atomic E-state index is 13.4. The molecule has 8 heteroatoms. The van der Waals surface area contributed by atoms with E-state index in [0.717, 1.165) is 21.1 Å². The number of allylic oxidation sites excluding steroid dienone is 1. The van der Waals surface area contributed by atoms with Crippen LogP contribution in [-0.2, 0) is 0 Å². The van der Waals surface area contributed by atoms with Crippen LogP contribution in [0.15, 0.2) is 77.3 Å². The number of benzene rings is 3. The van der Waals surface area contributed by atoms with Crippen LogP contribution in [0, 0.1) is 5.82 Å². The van der Waals surface area contributed by atoms with Crippen LogP contribution in [-0.4, -0.2) is 16.2 Å². The van der Waals surface area contributed by atoms with Gasteiger partial charge < -0.3 is 10.1 Å². The molecule has 1 aliphatic rings. The van der Waals surface area contributed by atoms with E-state index in [2.05, 4.69) is 26.2 Å². The highest BCUT2D eigenvalue weighted by molar-refractivity contribution is 9.10. The highest BCUT2D eigenvalue weighted by atomic mass is 79.9. The third-order valence-electron chi connectivity index (χ3n) is 5.11. The predicted molar refractivity (Wildman–Crippen MR) is 117 cm³/mol. The molecule has 0 unspecified atom stereocenters. The highest BCUT2D eigenvalue weighted by Crippen LogP contribution is 2.41. The Balaban J connectivity index is 1.74. The van der Waals surface area contributed by atoms with E-state index < -0.39 is 12.7 Å². The Labute approximate surface area is 184 Å². The number of alkyl halides is 2. The van der Waals surface area contributed by atoms with Gasteiger partial charge in [-0.25, -0.2) is 9.37 Å². The molecule has 2 heterocycles. The summed E-state index contributed by atoms with van der Waals surface area (Å²) in [7, 11) is 0. The minimum Gasteiger partial charge on any atom is -0.434 e. The fourth-order valence-electron chi connectivity index (χ4n) is 3.79. The first-order chi connectivity index (χ1) is 15.0. The van der Waals surface area contributed by atoms with Gasteiger partial charge in [0.2, 0.25) is 5.95 Å². The molecule has 4 aromatic rings. The largest absolute Gasteiger partial charge is 0.434 e. The second-order valence-electron chi connectivity index (χ2n) is 7.01. The standard InChI is InChI=1S/C23H15BrF3N3O/c24-14-7-10-21(31-22(26)27)16(11-14)20-12-18(13-5-8-15(25)9-6-13)29-23-28-17-3-1-2-4-19(17)30(20)23/h1-12,20,22H,(H,28,29)/t20-/m0/s1. The molecule has 1 N–H and O–H groups in total. The van der Waals surface area contributed by atoms with Crippen LogP contribution in [0.3, 0.4) is 0 Å². The second kappa shape index (κ2) is 7.77. The third kappa shape index (κ3) is 3.67. The Bertz CT molecular complexity index is 1300. The van der Waals surface area contributed by atoms with E-state index in [-0.39, 0.29) is 11.6 Å². The van der Waals surface area contributed by atoms with Crippen molar-refractivity contribution < 1.29 is 17.9 Å². The molecular formula is C23H15BrF3N3O. The maximum Gasteiger partial charge on any atom is 0.387 e. The average molecular weight is 486 g/mol. The van der Waals surface area contributed by atoms with E-state index in [1.165, 1.54) is 18.2 Å². The van der Waals surface area contributed by atoms with Crippen molar-refractivity contribution in [2.24, 2.45) is 0 Å². The van der Waals surface area contributed by atoms with E-state index in [0.29, 0.717) is 17.2 Å². The zero-order chi connectivity index (χ0) is 21.5. The van der Waals surface area contributed by atoms with Gasteiger partial charge in [0, 0.05) is 15.7 Å². The van der Waals surface area contributed by atoms with Gasteiger partial charge in [-0.15, -0.1) is 0 Å². The molecule has 0 fully saturated rings. The zero-order valence-electron chi connectivity index (χ0n) is 15.9. The second-order valence-corrected chi connectivity index (χ2v) is 7.93. The van der Waals surface area contributed by atoms with Crippen LogP contribution in [0.1, 0.15) is 17.2 Å². The molecule has 0 amide bonds. The van der Waals surface area contributed by atoms with Crippen LogP contribution in [0.5, 0.6) is 5.75 Å². The number of imidazole rings is 1. The van der Waals surface area contributed by atoms with Gasteiger partial charge in [0.05, 0.1) is 17.1 Å². The summed E-state index contributed by atoms with van der Waals surface area (Å²) in [6.45, 7) is -2.96. The molecular weight excluding hydrogens is 471 g/mol. The predicted octanol–water partition coefficient (Wildman–Crippen LogP) is 6.60. The number of ether oxygens (including phenoxy) is 1. The summed E-state index contributed by atoms with van der Waals surface area (Å²) in [5.41, 5.74) is 3.58. The topological polar surface area (TPSA) is 39.1 Å². The van der Waals surface area contributed by atoms with Gasteiger partial charge in [-0.1, -0.05) is 28.1 Å². The summed E-state index contributed by atoms with van der Waals surface area (Å²) in [6, 6.07) is 18.1. The SMILES string of the molecule is Fc1ccc(C2=C[C@@H](c3cc(Br)ccc3OC(F)F)n3c(nc4ccccc43)N2)cc1. The van der Waals surface area contributed by atoms with Crippen molar-refractivity contribution in [2.75, 3.05) is 5.32 Å². The van der Waals surface area contributed by atoms with Gasteiger partial charge in [0.25, 0.3) is 0 Å². The molecule has 31 heavy (non-hydrogen) atoms. The molecule has 0 radical (unpaired) electrons. The Morgan fingerprint density at radius 1 is 1.03 bits per heavy atom. The summed E-state index contributed by atoms with van der Waals surface area (Å²) >= 11 is 3.43. The zero-order valence-corrected chi connectivity index (χ0v) is 17.5. The molecule has 5 rings (SSSR count). The van der Waals surface area contributed by atoms with Crippen LogP contribution in [0.25, 0.3) is 16.7 Å². The van der Waals surface area contributed by atoms with Gasteiger partial charge in [-0.3, -0.25) is 4.57 Å². The van der Waals surface area contributed by atoms with Crippen molar-refractivity contribution in [3.8, 4) is 5.75 Å². The van der Waals surface area contributed by atoms with Crippen molar-refractivity contribution >= 4 is 38.6 Å². The van der Waals surface area contributed by atoms with Gasteiger partial charge in [0.1, 0.15) is 11.6 Å². The molecule has 1 atom stereocenters. The number of hydrogen-bond acceptors (Lipinski definition) is 3. The number of fused-ring (bicyclic) bond motifs is 3. The Morgan fingerprint density at radius 3 is 2.58 bits per heavy atom. The highest BCUT2D eigenvalue weighted by Gasteiger charge is 2.28. The lowest BCUT2D eigenvalue weighted by atomic mass is 10.00. The summed E-state index contributed by atoms with van der Waals surface area (Å²) in [5.74, 6) is 0.281. The van der Waals surface area contributed by atoms with Gasteiger partial charge in [-0.2, -0.15) is 8.78 Å². The first-order valence-electron chi connectivity index (χ1n) is 9.45. The first-order valence-corrected chi connectivity index (χ1v) is 10.2. The number of para-hydroxylation sites is 2. The van der Waals surface area contributed by atoms with Gasteiger partial charge in [0.15, 0.2) is 0 Å². The Kier molecular flexibility index (Phi) is 4.94. The molecule has 3 aromatic carbocycles. The molecule has 1 aromatic heterocycles. The number of nitrogens with one attached hydrogen (secondary N) is 1. The van der Waals surface area contributed by atoms with Crippen LogP contribution < -0.4 is 10.1 Å².